The van der Waals surface area contributed by atoms with Crippen molar-refractivity contribution in [3.05, 3.63) is 102 Å². The molecule has 0 spiro atoms. The van der Waals surface area contributed by atoms with Gasteiger partial charge in [0, 0.05) is 6.54 Å². The Labute approximate surface area is 154 Å². The maximum absolute atomic E-state index is 12.9. The molecule has 0 aliphatic heterocycles. The van der Waals surface area contributed by atoms with Crippen molar-refractivity contribution in [3.63, 3.8) is 0 Å². The van der Waals surface area contributed by atoms with Crippen LogP contribution in [0.4, 0.5) is 0 Å². The maximum Gasteiger partial charge on any atom is 0.329 e. The summed E-state index contributed by atoms with van der Waals surface area (Å²) in [6, 6.07) is 29.1. The Hall–Kier alpha value is -2.91. The Morgan fingerprint density at radius 1 is 0.808 bits per heavy atom. The van der Waals surface area contributed by atoms with Gasteiger partial charge in [0.2, 0.25) is 0 Å². The largest absolute Gasteiger partial charge is 0.425 e. The van der Waals surface area contributed by atoms with Crippen LogP contribution in [-0.2, 0) is 17.8 Å². The second-order valence-electron chi connectivity index (χ2n) is 6.34. The van der Waals surface area contributed by atoms with Crippen molar-refractivity contribution in [2.45, 2.75) is 19.0 Å². The summed E-state index contributed by atoms with van der Waals surface area (Å²) in [7, 11) is 1.97. The molecule has 0 bridgehead atoms. The fraction of sp³-hybridized carbons (Fsp3) is 0.174. The molecule has 0 radical (unpaired) electrons. The Morgan fingerprint density at radius 2 is 1.31 bits per heavy atom. The van der Waals surface area contributed by atoms with Crippen LogP contribution in [0.2, 0.25) is 0 Å². The monoisotopic (exact) mass is 345 g/mol. The van der Waals surface area contributed by atoms with Crippen LogP contribution in [0.15, 0.2) is 91.0 Å². The molecule has 0 aliphatic rings. The summed E-state index contributed by atoms with van der Waals surface area (Å²) in [5, 5.41) is 0. The summed E-state index contributed by atoms with van der Waals surface area (Å²) in [6.45, 7) is 0.683. The Bertz CT molecular complexity index is 803. The number of ether oxygens (including phenoxy) is 1. The zero-order valence-electron chi connectivity index (χ0n) is 14.9. The minimum absolute atomic E-state index is 0.238. The third-order valence-electron chi connectivity index (χ3n) is 4.31. The van der Waals surface area contributed by atoms with Gasteiger partial charge < -0.3 is 4.74 Å². The van der Waals surface area contributed by atoms with E-state index in [1.165, 1.54) is 5.56 Å². The first-order valence-corrected chi connectivity index (χ1v) is 8.77. The number of rotatable bonds is 7. The number of para-hydroxylation sites is 1. The quantitative estimate of drug-likeness (QED) is 0.471. The van der Waals surface area contributed by atoms with Crippen molar-refractivity contribution in [1.82, 2.24) is 4.90 Å². The zero-order chi connectivity index (χ0) is 18.2. The van der Waals surface area contributed by atoms with Crippen molar-refractivity contribution in [1.29, 1.82) is 0 Å². The zero-order valence-corrected chi connectivity index (χ0v) is 14.9. The average Bonchev–Trinajstić information content (AvgIpc) is 2.68. The molecular formula is C23H23NO2. The van der Waals surface area contributed by atoms with Crippen molar-refractivity contribution in [3.8, 4) is 5.75 Å². The average molecular weight is 345 g/mol. The number of hydrogen-bond acceptors (Lipinski definition) is 3. The molecule has 0 aromatic heterocycles. The normalized spacial score (nSPS) is 11.9. The van der Waals surface area contributed by atoms with E-state index >= 15 is 0 Å². The number of esters is 1. The highest BCUT2D eigenvalue weighted by Crippen LogP contribution is 2.16. The molecule has 3 nitrogen and oxygen atoms in total. The van der Waals surface area contributed by atoms with Gasteiger partial charge in [-0.1, -0.05) is 78.9 Å². The molecule has 0 saturated heterocycles. The van der Waals surface area contributed by atoms with Crippen LogP contribution in [0.5, 0.6) is 5.75 Å². The molecule has 0 fully saturated rings. The minimum Gasteiger partial charge on any atom is -0.425 e. The summed E-state index contributed by atoms with van der Waals surface area (Å²) in [4.78, 5) is 14.9. The van der Waals surface area contributed by atoms with E-state index in [0.29, 0.717) is 18.7 Å². The summed E-state index contributed by atoms with van der Waals surface area (Å²) in [5.74, 6) is 0.335. The van der Waals surface area contributed by atoms with E-state index in [1.54, 1.807) is 12.1 Å². The smallest absolute Gasteiger partial charge is 0.329 e. The summed E-state index contributed by atoms with van der Waals surface area (Å²) in [5.41, 5.74) is 2.28. The van der Waals surface area contributed by atoms with Crippen molar-refractivity contribution < 1.29 is 9.53 Å². The summed E-state index contributed by atoms with van der Waals surface area (Å²) >= 11 is 0. The number of hydrogen-bond donors (Lipinski definition) is 0. The van der Waals surface area contributed by atoms with E-state index in [4.69, 9.17) is 4.74 Å². The molecule has 132 valence electrons. The highest BCUT2D eigenvalue weighted by atomic mass is 16.5. The van der Waals surface area contributed by atoms with E-state index < -0.39 is 0 Å². The molecular weight excluding hydrogens is 322 g/mol. The summed E-state index contributed by atoms with van der Waals surface area (Å²) in [6.07, 6.45) is 0.607. The lowest BCUT2D eigenvalue weighted by Gasteiger charge is -2.26. The Balaban J connectivity index is 1.77. The van der Waals surface area contributed by atoms with Crippen LogP contribution in [0.3, 0.4) is 0 Å². The number of benzene rings is 3. The van der Waals surface area contributed by atoms with Gasteiger partial charge in [-0.15, -0.1) is 0 Å². The van der Waals surface area contributed by atoms with Crippen LogP contribution in [0.1, 0.15) is 11.1 Å². The van der Waals surface area contributed by atoms with Gasteiger partial charge in [0.05, 0.1) is 0 Å². The molecule has 1 atom stereocenters. The van der Waals surface area contributed by atoms with Crippen LogP contribution >= 0.6 is 0 Å². The molecule has 0 saturated carbocycles. The number of carbonyl (C=O) groups is 1. The molecule has 0 amide bonds. The van der Waals surface area contributed by atoms with Gasteiger partial charge in [-0.2, -0.15) is 0 Å². The third kappa shape index (κ3) is 5.04. The maximum atomic E-state index is 12.9. The molecule has 3 heteroatoms. The lowest BCUT2D eigenvalue weighted by atomic mass is 10.0. The number of nitrogens with zero attached hydrogens (tertiary/aromatic N) is 1. The van der Waals surface area contributed by atoms with Gasteiger partial charge >= 0.3 is 5.97 Å². The lowest BCUT2D eigenvalue weighted by Crippen LogP contribution is -2.42. The third-order valence-corrected chi connectivity index (χ3v) is 4.31. The predicted octanol–water partition coefficient (Wildman–Crippen LogP) is 4.34. The highest BCUT2D eigenvalue weighted by Gasteiger charge is 2.25. The van der Waals surface area contributed by atoms with Crippen LogP contribution in [-0.4, -0.2) is 24.0 Å². The molecule has 26 heavy (non-hydrogen) atoms. The predicted molar refractivity (Wildman–Crippen MR) is 104 cm³/mol. The van der Waals surface area contributed by atoms with E-state index in [9.17, 15) is 4.79 Å². The molecule has 0 heterocycles. The van der Waals surface area contributed by atoms with E-state index in [1.807, 2.05) is 78.7 Å². The van der Waals surface area contributed by atoms with Crippen molar-refractivity contribution in [2.75, 3.05) is 7.05 Å². The number of likely N-dealkylation sites (N-methyl/N-ethyl adjacent to an activating group) is 1. The van der Waals surface area contributed by atoms with Crippen molar-refractivity contribution >= 4 is 5.97 Å². The molecule has 0 N–H and O–H groups in total. The van der Waals surface area contributed by atoms with Gasteiger partial charge in [-0.3, -0.25) is 4.90 Å². The van der Waals surface area contributed by atoms with E-state index in [0.717, 1.165) is 5.56 Å². The fourth-order valence-corrected chi connectivity index (χ4v) is 2.91. The molecule has 0 unspecified atom stereocenters. The molecule has 3 aromatic rings. The first-order valence-electron chi connectivity index (χ1n) is 8.77. The van der Waals surface area contributed by atoms with Crippen molar-refractivity contribution in [2.24, 2.45) is 0 Å². The SMILES string of the molecule is CN(Cc1ccccc1)[C@@H](Cc1ccccc1)C(=O)Oc1ccccc1. The molecule has 0 aliphatic carbocycles. The highest BCUT2D eigenvalue weighted by molar-refractivity contribution is 5.78. The first-order chi connectivity index (χ1) is 12.7. The van der Waals surface area contributed by atoms with Gasteiger partial charge in [0.15, 0.2) is 0 Å². The standard InChI is InChI=1S/C23H23NO2/c1-24(18-20-13-7-3-8-14-20)22(17-19-11-5-2-6-12-19)23(25)26-21-15-9-4-10-16-21/h2-16,22H,17-18H2,1H3/t22-/m0/s1. The minimum atomic E-state index is -0.363. The second kappa shape index (κ2) is 8.97. The van der Waals surface area contributed by atoms with Gasteiger partial charge in [0.1, 0.15) is 11.8 Å². The lowest BCUT2D eigenvalue weighted by molar-refractivity contribution is -0.140. The topological polar surface area (TPSA) is 29.5 Å². The fourth-order valence-electron chi connectivity index (χ4n) is 2.91. The van der Waals surface area contributed by atoms with E-state index in [-0.39, 0.29) is 12.0 Å². The Kier molecular flexibility index (Phi) is 6.18. The first kappa shape index (κ1) is 17.9. The Morgan fingerprint density at radius 3 is 1.88 bits per heavy atom. The van der Waals surface area contributed by atoms with Crippen LogP contribution < -0.4 is 4.74 Å². The van der Waals surface area contributed by atoms with Gasteiger partial charge in [-0.25, -0.2) is 4.79 Å². The molecule has 3 aromatic carbocycles. The van der Waals surface area contributed by atoms with Gasteiger partial charge in [-0.05, 0) is 36.7 Å². The number of carbonyl (C=O) groups excluding carboxylic acids is 1. The van der Waals surface area contributed by atoms with Crippen LogP contribution in [0, 0.1) is 0 Å². The molecule has 3 rings (SSSR count). The van der Waals surface area contributed by atoms with Crippen LogP contribution in [0.25, 0.3) is 0 Å². The van der Waals surface area contributed by atoms with Gasteiger partial charge in [0.25, 0.3) is 0 Å². The van der Waals surface area contributed by atoms with E-state index in [2.05, 4.69) is 12.1 Å². The second-order valence-corrected chi connectivity index (χ2v) is 6.34. The summed E-state index contributed by atoms with van der Waals surface area (Å²) < 4.78 is 5.63.